The van der Waals surface area contributed by atoms with E-state index in [2.05, 4.69) is 10.1 Å². The summed E-state index contributed by atoms with van der Waals surface area (Å²) in [5.41, 5.74) is -1.05. The van der Waals surface area contributed by atoms with Crippen LogP contribution >= 0.6 is 0 Å². The van der Waals surface area contributed by atoms with E-state index in [0.717, 1.165) is 18.2 Å². The number of hydrogen-bond donors (Lipinski definition) is 1. The predicted molar refractivity (Wildman–Crippen MR) is 62.3 cm³/mol. The number of nitrogens with one attached hydrogen (secondary N) is 1. The summed E-state index contributed by atoms with van der Waals surface area (Å²) in [6, 6.07) is 2.52. The van der Waals surface area contributed by atoms with E-state index in [0.29, 0.717) is 0 Å². The second-order valence-electron chi connectivity index (χ2n) is 3.85. The van der Waals surface area contributed by atoms with Crippen molar-refractivity contribution in [3.8, 4) is 0 Å². The molecule has 0 aliphatic heterocycles. The molecule has 0 aliphatic carbocycles. The van der Waals surface area contributed by atoms with Gasteiger partial charge in [0.2, 0.25) is 5.82 Å². The lowest BCUT2D eigenvalue weighted by atomic mass is 10.2. The van der Waals surface area contributed by atoms with E-state index in [1.807, 2.05) is 0 Å². The van der Waals surface area contributed by atoms with E-state index in [1.54, 1.807) is 0 Å². The Balaban J connectivity index is 2.49. The van der Waals surface area contributed by atoms with Gasteiger partial charge < -0.3 is 10.1 Å². The molecule has 0 heterocycles. The zero-order valence-electron chi connectivity index (χ0n) is 10.4. The molecule has 1 aromatic carbocycles. The van der Waals surface area contributed by atoms with Crippen molar-refractivity contribution in [1.29, 1.82) is 0 Å². The summed E-state index contributed by atoms with van der Waals surface area (Å²) in [6.07, 6.45) is -4.46. The van der Waals surface area contributed by atoms with Crippen LogP contribution in [0.1, 0.15) is 10.4 Å². The number of carbonyl (C=O) groups excluding carboxylic acids is 1. The molecule has 0 radical (unpaired) electrons. The van der Waals surface area contributed by atoms with Crippen molar-refractivity contribution in [1.82, 2.24) is 5.32 Å². The van der Waals surface area contributed by atoms with Crippen LogP contribution in [-0.2, 0) is 4.74 Å². The van der Waals surface area contributed by atoms with Crippen LogP contribution in [0.2, 0.25) is 0 Å². The molecular formula is C11H10F4N2O4. The third kappa shape index (κ3) is 5.73. The first-order valence-corrected chi connectivity index (χ1v) is 5.57. The second kappa shape index (κ2) is 6.97. The molecule has 0 bridgehead atoms. The number of nitro groups is 1. The van der Waals surface area contributed by atoms with Crippen LogP contribution in [0.15, 0.2) is 18.2 Å². The summed E-state index contributed by atoms with van der Waals surface area (Å²) >= 11 is 0. The summed E-state index contributed by atoms with van der Waals surface area (Å²) in [5, 5.41) is 12.7. The molecule has 1 N–H and O–H groups in total. The molecule has 0 aliphatic rings. The summed E-state index contributed by atoms with van der Waals surface area (Å²) in [5.74, 6) is -1.88. The van der Waals surface area contributed by atoms with Crippen LogP contribution in [0.4, 0.5) is 23.2 Å². The Labute approximate surface area is 115 Å². The van der Waals surface area contributed by atoms with Crippen molar-refractivity contribution in [2.24, 2.45) is 0 Å². The minimum Gasteiger partial charge on any atom is -0.370 e. The average Bonchev–Trinajstić information content (AvgIpc) is 2.36. The van der Waals surface area contributed by atoms with Crippen molar-refractivity contribution in [3.05, 3.63) is 39.7 Å². The Bertz CT molecular complexity index is 533. The van der Waals surface area contributed by atoms with Gasteiger partial charge in [0, 0.05) is 18.2 Å². The number of amides is 1. The van der Waals surface area contributed by atoms with Gasteiger partial charge in [0.25, 0.3) is 5.91 Å². The van der Waals surface area contributed by atoms with Gasteiger partial charge in [-0.1, -0.05) is 0 Å². The molecule has 1 aromatic rings. The molecule has 10 heteroatoms. The highest BCUT2D eigenvalue weighted by molar-refractivity contribution is 5.94. The fraction of sp³-hybridized carbons (Fsp3) is 0.364. The third-order valence-electron chi connectivity index (χ3n) is 2.20. The fourth-order valence-corrected chi connectivity index (χ4v) is 1.32. The number of alkyl halides is 3. The highest BCUT2D eigenvalue weighted by Gasteiger charge is 2.27. The Morgan fingerprint density at radius 2 is 2.05 bits per heavy atom. The molecule has 0 fully saturated rings. The smallest absolute Gasteiger partial charge is 0.370 e. The predicted octanol–water partition coefficient (Wildman–Crippen LogP) is 2.04. The second-order valence-corrected chi connectivity index (χ2v) is 3.85. The topological polar surface area (TPSA) is 81.5 Å². The number of rotatable bonds is 6. The summed E-state index contributed by atoms with van der Waals surface area (Å²) in [4.78, 5) is 21.1. The van der Waals surface area contributed by atoms with Crippen molar-refractivity contribution in [2.75, 3.05) is 19.8 Å². The molecule has 1 amide bonds. The molecule has 1 rings (SSSR count). The molecule has 0 atom stereocenters. The van der Waals surface area contributed by atoms with E-state index < -0.39 is 35.1 Å². The van der Waals surface area contributed by atoms with Crippen LogP contribution in [-0.4, -0.2) is 36.8 Å². The van der Waals surface area contributed by atoms with Crippen LogP contribution in [0.5, 0.6) is 0 Å². The fourth-order valence-electron chi connectivity index (χ4n) is 1.32. The zero-order valence-corrected chi connectivity index (χ0v) is 10.4. The van der Waals surface area contributed by atoms with Crippen molar-refractivity contribution >= 4 is 11.6 Å². The van der Waals surface area contributed by atoms with Crippen LogP contribution in [0.25, 0.3) is 0 Å². The van der Waals surface area contributed by atoms with E-state index in [4.69, 9.17) is 0 Å². The lowest BCUT2D eigenvalue weighted by Gasteiger charge is -2.08. The monoisotopic (exact) mass is 310 g/mol. The molecule has 0 aromatic heterocycles. The zero-order chi connectivity index (χ0) is 16.0. The maximum absolute atomic E-state index is 13.0. The lowest BCUT2D eigenvalue weighted by Crippen LogP contribution is -2.29. The van der Waals surface area contributed by atoms with Gasteiger partial charge in [0.15, 0.2) is 0 Å². The normalized spacial score (nSPS) is 11.2. The number of halogens is 4. The first-order chi connectivity index (χ1) is 9.70. The maximum Gasteiger partial charge on any atom is 0.411 e. The van der Waals surface area contributed by atoms with Gasteiger partial charge in [0.1, 0.15) is 6.61 Å². The average molecular weight is 310 g/mol. The number of benzene rings is 1. The Hall–Kier alpha value is -2.23. The molecule has 0 unspecified atom stereocenters. The highest BCUT2D eigenvalue weighted by Crippen LogP contribution is 2.18. The Morgan fingerprint density at radius 3 is 2.62 bits per heavy atom. The van der Waals surface area contributed by atoms with Gasteiger partial charge >= 0.3 is 11.9 Å². The molecule has 0 saturated carbocycles. The number of hydrogen-bond acceptors (Lipinski definition) is 4. The van der Waals surface area contributed by atoms with Crippen molar-refractivity contribution in [2.45, 2.75) is 6.18 Å². The molecular weight excluding hydrogens is 300 g/mol. The number of ether oxygens (including phenoxy) is 1. The highest BCUT2D eigenvalue weighted by atomic mass is 19.4. The van der Waals surface area contributed by atoms with Gasteiger partial charge in [-0.2, -0.15) is 17.6 Å². The maximum atomic E-state index is 13.0. The lowest BCUT2D eigenvalue weighted by molar-refractivity contribution is -0.387. The van der Waals surface area contributed by atoms with Crippen molar-refractivity contribution < 1.29 is 32.0 Å². The summed E-state index contributed by atoms with van der Waals surface area (Å²) in [7, 11) is 0. The molecule has 0 spiro atoms. The number of carbonyl (C=O) groups is 1. The van der Waals surface area contributed by atoms with E-state index in [1.165, 1.54) is 0 Å². The Morgan fingerprint density at radius 1 is 1.38 bits per heavy atom. The van der Waals surface area contributed by atoms with E-state index in [-0.39, 0.29) is 18.7 Å². The SMILES string of the molecule is O=C(NCCOCC(F)(F)F)c1ccc(F)c([N+](=O)[O-])c1. The molecule has 0 saturated heterocycles. The van der Waals surface area contributed by atoms with Gasteiger partial charge in [-0.15, -0.1) is 0 Å². The number of nitro benzene ring substituents is 1. The standard InChI is InChI=1S/C11H10F4N2O4/c12-8-2-1-7(5-9(8)17(19)20)10(18)16-3-4-21-6-11(13,14)15/h1-2,5H,3-4,6H2,(H,16,18). The van der Waals surface area contributed by atoms with Crippen molar-refractivity contribution in [3.63, 3.8) is 0 Å². The molecule has 6 nitrogen and oxygen atoms in total. The largest absolute Gasteiger partial charge is 0.411 e. The molecule has 116 valence electrons. The quantitative estimate of drug-likeness (QED) is 0.377. The molecule has 21 heavy (non-hydrogen) atoms. The van der Waals surface area contributed by atoms with Gasteiger partial charge in [-0.05, 0) is 12.1 Å². The van der Waals surface area contributed by atoms with Crippen LogP contribution in [0, 0.1) is 15.9 Å². The minimum absolute atomic E-state index is 0.182. The summed E-state index contributed by atoms with van der Waals surface area (Å²) < 4.78 is 52.6. The Kier molecular flexibility index (Phi) is 5.59. The van der Waals surface area contributed by atoms with Crippen LogP contribution in [0.3, 0.4) is 0 Å². The third-order valence-corrected chi connectivity index (χ3v) is 2.20. The first-order valence-electron chi connectivity index (χ1n) is 5.57. The van der Waals surface area contributed by atoms with Crippen LogP contribution < -0.4 is 5.32 Å². The number of nitrogens with zero attached hydrogens (tertiary/aromatic N) is 1. The van der Waals surface area contributed by atoms with E-state index >= 15 is 0 Å². The first kappa shape index (κ1) is 16.8. The minimum atomic E-state index is -4.46. The van der Waals surface area contributed by atoms with Gasteiger partial charge in [0.05, 0.1) is 11.5 Å². The van der Waals surface area contributed by atoms with E-state index in [9.17, 15) is 32.5 Å². The van der Waals surface area contributed by atoms with Gasteiger partial charge in [-0.3, -0.25) is 14.9 Å². The van der Waals surface area contributed by atoms with Gasteiger partial charge in [-0.25, -0.2) is 0 Å². The summed E-state index contributed by atoms with van der Waals surface area (Å²) in [6.45, 7) is -2.04.